The van der Waals surface area contributed by atoms with Gasteiger partial charge in [-0.2, -0.15) is 0 Å². The van der Waals surface area contributed by atoms with E-state index in [4.69, 9.17) is 75.1 Å². The van der Waals surface area contributed by atoms with E-state index in [1.807, 2.05) is 20.8 Å². The summed E-state index contributed by atoms with van der Waals surface area (Å²) < 4.78 is 25.6. The minimum Gasteiger partial charge on any atom is -0.495 e. The maximum atomic E-state index is 12.7. The molecule has 2 fully saturated rings. The van der Waals surface area contributed by atoms with Crippen molar-refractivity contribution in [3.05, 3.63) is 212 Å². The molecule has 3 aliphatic heterocycles. The Hall–Kier alpha value is -12.7. The predicted octanol–water partition coefficient (Wildman–Crippen LogP) is 17.4. The maximum absolute atomic E-state index is 12.7. The number of carboxylic acid groups (broad SMARTS) is 1. The lowest BCUT2D eigenvalue weighted by Crippen LogP contribution is -2.18. The summed E-state index contributed by atoms with van der Waals surface area (Å²) in [5.74, 6) is 0.934. The van der Waals surface area contributed by atoms with Crippen LogP contribution in [0.1, 0.15) is 231 Å². The standard InChI is InChI=1S/C24H27N3O4.C19H20ClN3O3.C12H15NO4.C12H17NO2.C8H6Cl2N2O.C8H7NO5.C4H7NO.CH4/c1-4-5-20(28)15-8-9-17(22(10-15)31-3)26-18-11-16(12-21(29)14-6-7-14)25-19-13-27(2)24(30)23(18)19;1-4-5-15(24)11-6-7-12(16(8-11)26-3)21-13-9-17(20)22-14-10-23(2)19(25)18(13)14;1-3-4-5-11(14)9-6-7-10(13(15)16)12(8-9)17-2;1-3-4-5-11(14)9-6-7-10(13)12(8-9)15-2;1-12-3-5-7(8(12)13)4(9)2-6(10)11-5;1-14-7-4-5(8(10)11)2-3-6(7)9(12)13;5-4(6)3-1-2-3;/h8-11,14H,4-7,12-13H2,1-3H3,(H,25,26);6-9H,4-5,10H2,1-3H3,(H,21,22);6-8H,3-5H2,1-2H3;6-8H,3-5,13H2,1-2H3;2H,3H2,1H3;2-4H,1H3,(H,10,11);3H,1-2H2,(H2,5,6);1H4. The number of nitrogens with two attached hydrogens (primary N) is 2. The SMILES string of the molecule is C.CCCC(=O)c1ccc(Nc2cc(CC(=O)C3CC3)nc3c2C(=O)N(C)C3)c(OC)c1.CCCC(=O)c1ccc(Nc2cc(Cl)nc3c2C(=O)N(C)C3)c(OC)c1.CCCCC(=O)c1ccc(N)c(OC)c1.CCCCC(=O)c1ccc([N+](=O)[O-])c(OC)c1.CN1Cc2nc(Cl)cc(Cl)c2C1=O.COc1cc(C(=O)O)ccc1[N+](=O)[O-].NC(=O)C1CC1. The van der Waals surface area contributed by atoms with Gasteiger partial charge in [0.1, 0.15) is 33.3 Å². The second kappa shape index (κ2) is 46.9. The maximum Gasteiger partial charge on any atom is 0.335 e. The lowest BCUT2D eigenvalue weighted by atomic mass is 10.0. The number of nitro benzene ring substituents is 2. The fourth-order valence-corrected chi connectivity index (χ4v) is 13.2. The second-order valence-electron chi connectivity index (χ2n) is 28.7. The summed E-state index contributed by atoms with van der Waals surface area (Å²) in [6.45, 7) is 9.32. The van der Waals surface area contributed by atoms with Gasteiger partial charge in [0.15, 0.2) is 34.6 Å². The van der Waals surface area contributed by atoms with Gasteiger partial charge in [-0.3, -0.25) is 68.4 Å². The van der Waals surface area contributed by atoms with E-state index < -0.39 is 15.8 Å². The van der Waals surface area contributed by atoms with Crippen molar-refractivity contribution in [2.24, 2.45) is 17.6 Å². The van der Waals surface area contributed by atoms with Crippen LogP contribution in [0.25, 0.3) is 0 Å². The van der Waals surface area contributed by atoms with E-state index in [1.165, 1.54) is 45.6 Å². The fourth-order valence-electron chi connectivity index (χ4n) is 12.4. The number of anilines is 5. The fraction of sp³-hybridized carbons (Fsp3) is 0.375. The normalized spacial score (nSPS) is 12.8. The first-order valence-corrected chi connectivity index (χ1v) is 40.2. The van der Waals surface area contributed by atoms with Crippen LogP contribution >= 0.6 is 34.8 Å². The quantitative estimate of drug-likeness (QED) is 0.00917. The number of unbranched alkanes of at least 4 members (excludes halogenated alkanes) is 2. The first-order chi connectivity index (χ1) is 58.1. The van der Waals surface area contributed by atoms with Crippen LogP contribution < -0.4 is 45.8 Å². The van der Waals surface area contributed by atoms with Crippen LogP contribution in [0.5, 0.6) is 28.7 Å². The molecule has 0 atom stereocenters. The average molecular weight is 1760 g/mol. The Morgan fingerprint density at radius 2 is 0.829 bits per heavy atom. The molecule has 123 heavy (non-hydrogen) atoms. The number of fused-ring (bicyclic) bond motifs is 3. The van der Waals surface area contributed by atoms with Gasteiger partial charge >= 0.3 is 17.3 Å². The lowest BCUT2D eigenvalue weighted by Gasteiger charge is -2.15. The third kappa shape index (κ3) is 27.4. The highest BCUT2D eigenvalue weighted by Gasteiger charge is 2.35. The van der Waals surface area contributed by atoms with Gasteiger partial charge < -0.3 is 65.6 Å². The Morgan fingerprint density at radius 1 is 0.472 bits per heavy atom. The molecule has 0 spiro atoms. The third-order valence-corrected chi connectivity index (χ3v) is 20.1. The van der Waals surface area contributed by atoms with Gasteiger partial charge in [0.2, 0.25) is 5.91 Å². The molecule has 13 rings (SSSR count). The summed E-state index contributed by atoms with van der Waals surface area (Å²) in [4.78, 5) is 155. The Kier molecular flexibility index (Phi) is 37.8. The molecule has 32 nitrogen and oxygen atoms in total. The number of carbonyl (C=O) groups is 10. The summed E-state index contributed by atoms with van der Waals surface area (Å²) >= 11 is 17.7. The van der Waals surface area contributed by atoms with Gasteiger partial charge in [0.25, 0.3) is 17.7 Å². The number of carbonyl (C=O) groups excluding carboxylic acids is 9. The van der Waals surface area contributed by atoms with Crippen molar-refractivity contribution in [3.63, 3.8) is 0 Å². The molecule has 8 aromatic rings. The summed E-state index contributed by atoms with van der Waals surface area (Å²) in [6.07, 6.45) is 11.5. The lowest BCUT2D eigenvalue weighted by molar-refractivity contribution is -0.385. The number of methoxy groups -OCH3 is 5. The Morgan fingerprint density at radius 3 is 1.22 bits per heavy atom. The zero-order valence-corrected chi connectivity index (χ0v) is 72.1. The Balaban J connectivity index is 0.000000231. The zero-order valence-electron chi connectivity index (χ0n) is 69.8. The molecule has 0 bridgehead atoms. The minimum absolute atomic E-state index is 0. The number of halogens is 3. The van der Waals surface area contributed by atoms with E-state index in [0.29, 0.717) is 168 Å². The minimum atomic E-state index is -1.15. The number of nitrogen functional groups attached to an aromatic ring is 1. The molecule has 3 aromatic heterocycles. The number of aromatic nitrogens is 3. The van der Waals surface area contributed by atoms with E-state index in [2.05, 4.69) is 32.5 Å². The first kappa shape index (κ1) is 99.1. The smallest absolute Gasteiger partial charge is 0.335 e. The number of amides is 4. The van der Waals surface area contributed by atoms with Crippen LogP contribution in [0, 0.1) is 32.1 Å². The number of nitrogens with one attached hydrogen (secondary N) is 2. The number of aromatic carboxylic acids is 1. The zero-order chi connectivity index (χ0) is 89.9. The summed E-state index contributed by atoms with van der Waals surface area (Å²) in [5.41, 5.74) is 19.6. The van der Waals surface area contributed by atoms with Gasteiger partial charge in [0, 0.05) is 106 Å². The number of carboxylic acids is 1. The summed E-state index contributed by atoms with van der Waals surface area (Å²) in [7, 11) is 12.4. The number of pyridine rings is 3. The number of Topliss-reactive ketones (excluding diaryl/α,β-unsaturated/α-hetero) is 5. The number of rotatable bonds is 30. The van der Waals surface area contributed by atoms with Crippen LogP contribution in [-0.2, 0) is 35.6 Å². The van der Waals surface area contributed by atoms with Crippen molar-refractivity contribution < 1.29 is 86.6 Å². The molecule has 0 radical (unpaired) electrons. The second-order valence-corrected chi connectivity index (χ2v) is 29.8. The Bertz CT molecular complexity index is 5250. The van der Waals surface area contributed by atoms with E-state index in [-0.39, 0.29) is 107 Å². The van der Waals surface area contributed by atoms with E-state index in [0.717, 1.165) is 82.4 Å². The number of nitro groups is 2. The highest BCUT2D eigenvalue weighted by atomic mass is 35.5. The van der Waals surface area contributed by atoms with Crippen LogP contribution in [0.3, 0.4) is 0 Å². The third-order valence-electron chi connectivity index (χ3n) is 19.4. The number of hydrogen-bond donors (Lipinski definition) is 5. The van der Waals surface area contributed by atoms with Crippen molar-refractivity contribution >= 4 is 133 Å². The molecule has 35 heteroatoms. The topological polar surface area (TPSA) is 448 Å². The number of benzene rings is 5. The van der Waals surface area contributed by atoms with Crippen molar-refractivity contribution in [1.29, 1.82) is 0 Å². The summed E-state index contributed by atoms with van der Waals surface area (Å²) in [6, 6.07) is 28.1. The first-order valence-electron chi connectivity index (χ1n) is 39.1. The van der Waals surface area contributed by atoms with Crippen LogP contribution in [0.2, 0.25) is 15.3 Å². The van der Waals surface area contributed by atoms with Crippen molar-refractivity contribution in [2.75, 3.05) is 73.1 Å². The Labute approximate surface area is 727 Å². The van der Waals surface area contributed by atoms with E-state index in [1.54, 1.807) is 117 Å². The molecule has 0 unspecified atom stereocenters. The molecule has 5 aromatic carbocycles. The highest BCUT2D eigenvalue weighted by Crippen LogP contribution is 2.40. The van der Waals surface area contributed by atoms with Crippen molar-refractivity contribution in [1.82, 2.24) is 29.7 Å². The van der Waals surface area contributed by atoms with Gasteiger partial charge in [-0.1, -0.05) is 82.8 Å². The van der Waals surface area contributed by atoms with Crippen LogP contribution in [0.15, 0.2) is 109 Å². The largest absolute Gasteiger partial charge is 0.495 e. The molecule has 5 aliphatic rings. The van der Waals surface area contributed by atoms with Gasteiger partial charge in [-0.25, -0.2) is 14.8 Å². The van der Waals surface area contributed by atoms with Crippen molar-refractivity contribution in [3.8, 4) is 28.7 Å². The number of hydrogen-bond acceptors (Lipinski definition) is 25. The van der Waals surface area contributed by atoms with Crippen LogP contribution in [-0.4, -0.2) is 160 Å². The molecule has 2 aliphatic carbocycles. The van der Waals surface area contributed by atoms with E-state index in [9.17, 15) is 68.2 Å². The van der Waals surface area contributed by atoms with Gasteiger partial charge in [-0.05, 0) is 142 Å². The average Bonchev–Trinajstić information content (AvgIpc) is 1.66. The van der Waals surface area contributed by atoms with Gasteiger partial charge in [0.05, 0.1) is 144 Å². The monoisotopic (exact) mass is 1750 g/mol. The molecule has 2 saturated carbocycles. The molecule has 4 amide bonds. The predicted molar refractivity (Wildman–Crippen MR) is 468 cm³/mol. The molecule has 7 N–H and O–H groups in total. The number of ether oxygens (including phenoxy) is 5. The number of ketones is 5. The number of primary amides is 1. The van der Waals surface area contributed by atoms with Crippen LogP contribution in [0.4, 0.5) is 39.8 Å². The molecule has 656 valence electrons. The molecule has 6 heterocycles. The summed E-state index contributed by atoms with van der Waals surface area (Å²) in [5, 5.41) is 37.2. The molecule has 0 saturated heterocycles. The van der Waals surface area contributed by atoms with E-state index >= 15 is 0 Å². The van der Waals surface area contributed by atoms with Gasteiger partial charge in [-0.15, -0.1) is 0 Å². The number of nitrogens with zero attached hydrogens (tertiary/aromatic N) is 8. The highest BCUT2D eigenvalue weighted by molar-refractivity contribution is 6.36. The molecular formula is C88H103Cl3N12O20. The van der Waals surface area contributed by atoms with Crippen molar-refractivity contribution in [2.45, 2.75) is 151 Å². The molecular weight excluding hydrogens is 1650 g/mol.